The highest BCUT2D eigenvalue weighted by molar-refractivity contribution is 7.11. The van der Waals surface area contributed by atoms with E-state index >= 15 is 0 Å². The van der Waals surface area contributed by atoms with Crippen LogP contribution in [0.2, 0.25) is 0 Å². The van der Waals surface area contributed by atoms with Crippen molar-refractivity contribution < 1.29 is 9.13 Å². The lowest BCUT2D eigenvalue weighted by molar-refractivity contribution is 0.289. The maximum Gasteiger partial charge on any atom is 0.165 e. The minimum absolute atomic E-state index is 0.0326. The first-order chi connectivity index (χ1) is 9.06. The number of halogens is 1. The van der Waals surface area contributed by atoms with Gasteiger partial charge in [-0.2, -0.15) is 0 Å². The Labute approximate surface area is 116 Å². The summed E-state index contributed by atoms with van der Waals surface area (Å²) in [6.07, 6.45) is 2.35. The summed E-state index contributed by atoms with van der Waals surface area (Å²) >= 11 is 1.55. The lowest BCUT2D eigenvalue weighted by atomic mass is 10.1. The van der Waals surface area contributed by atoms with E-state index < -0.39 is 0 Å². The predicted molar refractivity (Wildman–Crippen MR) is 74.9 cm³/mol. The van der Waals surface area contributed by atoms with E-state index in [1.165, 1.54) is 6.07 Å². The molecular formula is C14H17FN2OS. The number of rotatable bonds is 5. The molecule has 0 fully saturated rings. The van der Waals surface area contributed by atoms with Crippen molar-refractivity contribution in [3.8, 4) is 5.75 Å². The van der Waals surface area contributed by atoms with Crippen LogP contribution in [0, 0.1) is 12.7 Å². The lowest BCUT2D eigenvalue weighted by Gasteiger charge is -2.13. The number of ether oxygens (including phenoxy) is 1. The molecule has 0 radical (unpaired) electrons. The van der Waals surface area contributed by atoms with Crippen molar-refractivity contribution >= 4 is 11.3 Å². The van der Waals surface area contributed by atoms with E-state index in [-0.39, 0.29) is 11.9 Å². The zero-order valence-corrected chi connectivity index (χ0v) is 11.8. The fourth-order valence-corrected chi connectivity index (χ4v) is 2.55. The number of para-hydroxylation sites is 1. The molecule has 0 aliphatic heterocycles. The van der Waals surface area contributed by atoms with Crippen LogP contribution in [0.5, 0.6) is 5.75 Å². The third-order valence-electron chi connectivity index (χ3n) is 2.62. The van der Waals surface area contributed by atoms with Crippen molar-refractivity contribution in [3.63, 3.8) is 0 Å². The highest BCUT2D eigenvalue weighted by atomic mass is 32.1. The first-order valence-electron chi connectivity index (χ1n) is 6.13. The van der Waals surface area contributed by atoms with Gasteiger partial charge in [-0.1, -0.05) is 12.1 Å². The van der Waals surface area contributed by atoms with Crippen LogP contribution in [-0.2, 0) is 13.0 Å². The van der Waals surface area contributed by atoms with Crippen molar-refractivity contribution in [2.24, 2.45) is 5.73 Å². The number of nitrogens with two attached hydrogens (primary N) is 1. The van der Waals surface area contributed by atoms with E-state index in [4.69, 9.17) is 10.5 Å². The van der Waals surface area contributed by atoms with Crippen LogP contribution in [0.15, 0.2) is 24.4 Å². The summed E-state index contributed by atoms with van der Waals surface area (Å²) in [6, 6.07) is 4.89. The lowest BCUT2D eigenvalue weighted by Crippen LogP contribution is -2.18. The average molecular weight is 280 g/mol. The minimum Gasteiger partial charge on any atom is -0.485 e. The number of hydrogen-bond donors (Lipinski definition) is 1. The zero-order valence-electron chi connectivity index (χ0n) is 11.0. The number of aryl methyl sites for hydroxylation is 1. The largest absolute Gasteiger partial charge is 0.485 e. The molecule has 1 aromatic heterocycles. The van der Waals surface area contributed by atoms with Gasteiger partial charge in [0.15, 0.2) is 11.6 Å². The predicted octanol–water partition coefficient (Wildman–Crippen LogP) is 3.06. The minimum atomic E-state index is -0.348. The van der Waals surface area contributed by atoms with Gasteiger partial charge in [-0.15, -0.1) is 11.3 Å². The molecular weight excluding hydrogens is 263 g/mol. The standard InChI is InChI=1S/C14H17FN2OS/c1-9(16)6-11-4-3-5-13(15)14(11)18-8-12-7-17-10(2)19-12/h3-5,7,9H,6,8,16H2,1-2H3. The second-order valence-electron chi connectivity index (χ2n) is 4.54. The molecule has 3 nitrogen and oxygen atoms in total. The summed E-state index contributed by atoms with van der Waals surface area (Å²) < 4.78 is 19.4. The van der Waals surface area contributed by atoms with Crippen molar-refractivity contribution in [1.82, 2.24) is 4.98 Å². The van der Waals surface area contributed by atoms with Crippen molar-refractivity contribution in [1.29, 1.82) is 0 Å². The van der Waals surface area contributed by atoms with E-state index in [0.717, 1.165) is 15.4 Å². The van der Waals surface area contributed by atoms with Crippen LogP contribution in [0.4, 0.5) is 4.39 Å². The van der Waals surface area contributed by atoms with E-state index in [1.54, 1.807) is 23.6 Å². The van der Waals surface area contributed by atoms with Crippen molar-refractivity contribution in [2.45, 2.75) is 32.9 Å². The Hall–Kier alpha value is -1.46. The number of hydrogen-bond acceptors (Lipinski definition) is 4. The topological polar surface area (TPSA) is 48.1 Å². The first-order valence-corrected chi connectivity index (χ1v) is 6.95. The molecule has 0 amide bonds. The molecule has 0 aliphatic carbocycles. The Bertz CT molecular complexity index is 554. The van der Waals surface area contributed by atoms with Gasteiger partial charge >= 0.3 is 0 Å². The van der Waals surface area contributed by atoms with Gasteiger partial charge in [0.2, 0.25) is 0 Å². The molecule has 1 aromatic carbocycles. The molecule has 2 rings (SSSR count). The Morgan fingerprint density at radius 2 is 2.26 bits per heavy atom. The summed E-state index contributed by atoms with van der Waals surface area (Å²) in [4.78, 5) is 5.13. The highest BCUT2D eigenvalue weighted by Crippen LogP contribution is 2.25. The number of thiazole rings is 1. The van der Waals surface area contributed by atoms with Gasteiger partial charge in [0.1, 0.15) is 6.61 Å². The number of aromatic nitrogens is 1. The molecule has 1 heterocycles. The Morgan fingerprint density at radius 3 is 2.89 bits per heavy atom. The molecule has 0 spiro atoms. The quantitative estimate of drug-likeness (QED) is 0.915. The van der Waals surface area contributed by atoms with Crippen LogP contribution in [0.25, 0.3) is 0 Å². The summed E-state index contributed by atoms with van der Waals surface area (Å²) in [5.41, 5.74) is 6.57. The molecule has 19 heavy (non-hydrogen) atoms. The molecule has 0 bridgehead atoms. The second-order valence-corrected chi connectivity index (χ2v) is 5.86. The van der Waals surface area contributed by atoms with Gasteiger partial charge in [-0.25, -0.2) is 9.37 Å². The maximum atomic E-state index is 13.8. The van der Waals surface area contributed by atoms with E-state index in [9.17, 15) is 4.39 Å². The molecule has 1 atom stereocenters. The van der Waals surface area contributed by atoms with E-state index in [0.29, 0.717) is 18.8 Å². The fourth-order valence-electron chi connectivity index (χ4n) is 1.84. The first kappa shape index (κ1) is 14.0. The second kappa shape index (κ2) is 6.12. The Morgan fingerprint density at radius 1 is 1.47 bits per heavy atom. The molecule has 5 heteroatoms. The van der Waals surface area contributed by atoms with Gasteiger partial charge in [0, 0.05) is 12.2 Å². The molecule has 0 aliphatic rings. The number of nitrogens with zero attached hydrogens (tertiary/aromatic N) is 1. The molecule has 1 unspecified atom stereocenters. The number of benzene rings is 1. The third kappa shape index (κ3) is 3.75. The molecule has 2 aromatic rings. The highest BCUT2D eigenvalue weighted by Gasteiger charge is 2.12. The van der Waals surface area contributed by atoms with Crippen LogP contribution >= 0.6 is 11.3 Å². The smallest absolute Gasteiger partial charge is 0.165 e. The van der Waals surface area contributed by atoms with Crippen LogP contribution in [-0.4, -0.2) is 11.0 Å². The van der Waals surface area contributed by atoms with Gasteiger partial charge in [-0.05, 0) is 31.9 Å². The molecule has 2 N–H and O–H groups in total. The fraction of sp³-hybridized carbons (Fsp3) is 0.357. The Balaban J connectivity index is 2.14. The van der Waals surface area contributed by atoms with Gasteiger partial charge < -0.3 is 10.5 Å². The van der Waals surface area contributed by atoms with Crippen LogP contribution in [0.1, 0.15) is 22.4 Å². The Kier molecular flexibility index (Phi) is 4.50. The average Bonchev–Trinajstić information content (AvgIpc) is 2.73. The van der Waals surface area contributed by atoms with Crippen molar-refractivity contribution in [2.75, 3.05) is 0 Å². The third-order valence-corrected chi connectivity index (χ3v) is 3.50. The summed E-state index contributed by atoms with van der Waals surface area (Å²) in [7, 11) is 0. The SMILES string of the molecule is Cc1ncc(COc2c(F)cccc2CC(C)N)s1. The molecule has 0 saturated carbocycles. The van der Waals surface area contributed by atoms with Gasteiger partial charge in [0.25, 0.3) is 0 Å². The van der Waals surface area contributed by atoms with Crippen LogP contribution < -0.4 is 10.5 Å². The summed E-state index contributed by atoms with van der Waals surface area (Å²) in [5.74, 6) is -0.0507. The van der Waals surface area contributed by atoms with E-state index in [1.807, 2.05) is 19.9 Å². The summed E-state index contributed by atoms with van der Waals surface area (Å²) in [5, 5.41) is 0.975. The maximum absolute atomic E-state index is 13.8. The normalized spacial score (nSPS) is 12.4. The van der Waals surface area contributed by atoms with Gasteiger partial charge in [0.05, 0.1) is 9.88 Å². The van der Waals surface area contributed by atoms with E-state index in [2.05, 4.69) is 4.98 Å². The monoisotopic (exact) mass is 280 g/mol. The van der Waals surface area contributed by atoms with Gasteiger partial charge in [-0.3, -0.25) is 0 Å². The van der Waals surface area contributed by atoms with Crippen molar-refractivity contribution in [3.05, 3.63) is 45.7 Å². The summed E-state index contributed by atoms with van der Waals surface area (Å²) in [6.45, 7) is 4.15. The van der Waals surface area contributed by atoms with Crippen LogP contribution in [0.3, 0.4) is 0 Å². The molecule has 102 valence electrons. The zero-order chi connectivity index (χ0) is 13.8. The molecule has 0 saturated heterocycles.